The molecule has 1 aromatic carbocycles. The zero-order chi connectivity index (χ0) is 13.7. The fourth-order valence-corrected chi connectivity index (χ4v) is 2.74. The summed E-state index contributed by atoms with van der Waals surface area (Å²) < 4.78 is 27.0. The molecule has 1 aliphatic rings. The summed E-state index contributed by atoms with van der Waals surface area (Å²) in [4.78, 5) is 2.29. The van der Waals surface area contributed by atoms with E-state index in [0.29, 0.717) is 18.2 Å². The molecule has 0 amide bonds. The first kappa shape index (κ1) is 14.4. The molecule has 0 spiro atoms. The Morgan fingerprint density at radius 1 is 1.26 bits per heavy atom. The number of hydrogen-bond acceptors (Lipinski definition) is 2. The molecular formula is C15H22F2N2. The molecule has 0 aromatic heterocycles. The van der Waals surface area contributed by atoms with E-state index in [0.717, 1.165) is 38.9 Å². The van der Waals surface area contributed by atoms with Gasteiger partial charge in [-0.3, -0.25) is 4.90 Å². The van der Waals surface area contributed by atoms with Gasteiger partial charge in [-0.05, 0) is 45.0 Å². The Bertz CT molecular complexity index is 403. The average molecular weight is 268 g/mol. The molecule has 0 saturated carbocycles. The fourth-order valence-electron chi connectivity index (χ4n) is 2.74. The molecule has 0 bridgehead atoms. The van der Waals surface area contributed by atoms with E-state index in [-0.39, 0.29) is 0 Å². The summed E-state index contributed by atoms with van der Waals surface area (Å²) in [5.74, 6) is -1.45. The van der Waals surface area contributed by atoms with Gasteiger partial charge in [0.15, 0.2) is 11.6 Å². The first-order valence-corrected chi connectivity index (χ1v) is 7.10. The number of hydrogen-bond donors (Lipinski definition) is 1. The fraction of sp³-hybridized carbons (Fsp3) is 0.600. The quantitative estimate of drug-likeness (QED) is 0.883. The Labute approximate surface area is 113 Å². The lowest BCUT2D eigenvalue weighted by Gasteiger charge is -2.34. The van der Waals surface area contributed by atoms with E-state index in [1.165, 1.54) is 6.07 Å². The maximum atomic E-state index is 13.8. The number of nitrogens with zero attached hydrogens (tertiary/aromatic N) is 1. The number of piperidine rings is 1. The van der Waals surface area contributed by atoms with Gasteiger partial charge < -0.3 is 5.32 Å². The molecule has 19 heavy (non-hydrogen) atoms. The van der Waals surface area contributed by atoms with Crippen molar-refractivity contribution in [3.63, 3.8) is 0 Å². The summed E-state index contributed by atoms with van der Waals surface area (Å²) in [6.45, 7) is 5.58. The first-order chi connectivity index (χ1) is 9.22. The van der Waals surface area contributed by atoms with Crippen LogP contribution in [0, 0.1) is 11.6 Å². The minimum Gasteiger partial charge on any atom is -0.317 e. The molecule has 106 valence electrons. The van der Waals surface area contributed by atoms with Crippen molar-refractivity contribution in [2.45, 2.75) is 38.8 Å². The SMILES string of the molecule is CCCN(Cc1cccc(F)c1F)C1CCNCC1. The van der Waals surface area contributed by atoms with Crippen molar-refractivity contribution in [2.24, 2.45) is 0 Å². The van der Waals surface area contributed by atoms with Crippen LogP contribution in [0.3, 0.4) is 0 Å². The predicted molar refractivity (Wildman–Crippen MR) is 73.0 cm³/mol. The summed E-state index contributed by atoms with van der Waals surface area (Å²) >= 11 is 0. The van der Waals surface area contributed by atoms with E-state index < -0.39 is 11.6 Å². The highest BCUT2D eigenvalue weighted by atomic mass is 19.2. The molecule has 4 heteroatoms. The zero-order valence-electron chi connectivity index (χ0n) is 11.5. The maximum Gasteiger partial charge on any atom is 0.163 e. The molecule has 1 fully saturated rings. The Kier molecular flexibility index (Phi) is 5.28. The van der Waals surface area contributed by atoms with Gasteiger partial charge in [0.2, 0.25) is 0 Å². The molecule has 1 aromatic rings. The lowest BCUT2D eigenvalue weighted by Crippen LogP contribution is -2.43. The Morgan fingerprint density at radius 3 is 2.68 bits per heavy atom. The summed E-state index contributed by atoms with van der Waals surface area (Å²) in [7, 11) is 0. The third kappa shape index (κ3) is 3.74. The second kappa shape index (κ2) is 6.96. The van der Waals surface area contributed by atoms with Crippen molar-refractivity contribution in [3.8, 4) is 0 Å². The lowest BCUT2D eigenvalue weighted by molar-refractivity contribution is 0.152. The summed E-state index contributed by atoms with van der Waals surface area (Å²) in [5.41, 5.74) is 0.465. The Balaban J connectivity index is 2.08. The topological polar surface area (TPSA) is 15.3 Å². The van der Waals surface area contributed by atoms with Gasteiger partial charge in [0.1, 0.15) is 0 Å². The van der Waals surface area contributed by atoms with E-state index in [1.807, 2.05) is 0 Å². The van der Waals surface area contributed by atoms with Crippen molar-refractivity contribution < 1.29 is 8.78 Å². The smallest absolute Gasteiger partial charge is 0.163 e. The van der Waals surface area contributed by atoms with Crippen molar-refractivity contribution >= 4 is 0 Å². The summed E-state index contributed by atoms with van der Waals surface area (Å²) in [5, 5.41) is 3.34. The molecule has 1 heterocycles. The number of nitrogens with one attached hydrogen (secondary N) is 1. The van der Waals surface area contributed by atoms with Crippen LogP contribution in [0.5, 0.6) is 0 Å². The molecule has 0 radical (unpaired) electrons. The third-order valence-electron chi connectivity index (χ3n) is 3.74. The summed E-state index contributed by atoms with van der Waals surface area (Å²) in [6, 6.07) is 4.92. The maximum absolute atomic E-state index is 13.8. The van der Waals surface area contributed by atoms with Crippen molar-refractivity contribution in [1.82, 2.24) is 10.2 Å². The largest absolute Gasteiger partial charge is 0.317 e. The van der Waals surface area contributed by atoms with Crippen LogP contribution in [0.2, 0.25) is 0 Å². The van der Waals surface area contributed by atoms with Gasteiger partial charge >= 0.3 is 0 Å². The van der Waals surface area contributed by atoms with E-state index in [1.54, 1.807) is 12.1 Å². The predicted octanol–water partition coefficient (Wildman–Crippen LogP) is 2.93. The lowest BCUT2D eigenvalue weighted by atomic mass is 10.0. The molecule has 1 aliphatic heterocycles. The van der Waals surface area contributed by atoms with E-state index in [4.69, 9.17) is 0 Å². The molecule has 0 atom stereocenters. The van der Waals surface area contributed by atoms with Gasteiger partial charge in [-0.2, -0.15) is 0 Å². The second-order valence-electron chi connectivity index (χ2n) is 5.16. The standard InChI is InChI=1S/C15H22F2N2/c1-2-10-19(13-6-8-18-9-7-13)11-12-4-3-5-14(16)15(12)17/h3-5,13,18H,2,6-11H2,1H3. The van der Waals surface area contributed by atoms with Crippen LogP contribution in [0.15, 0.2) is 18.2 Å². The van der Waals surface area contributed by atoms with Gasteiger partial charge in [0.25, 0.3) is 0 Å². The van der Waals surface area contributed by atoms with Gasteiger partial charge in [-0.25, -0.2) is 8.78 Å². The molecule has 2 rings (SSSR count). The van der Waals surface area contributed by atoms with Crippen LogP contribution < -0.4 is 5.32 Å². The van der Waals surface area contributed by atoms with Gasteiger partial charge in [-0.15, -0.1) is 0 Å². The summed E-state index contributed by atoms with van der Waals surface area (Å²) in [6.07, 6.45) is 3.19. The van der Waals surface area contributed by atoms with Crippen LogP contribution in [0.4, 0.5) is 8.78 Å². The van der Waals surface area contributed by atoms with Crippen molar-refractivity contribution in [3.05, 3.63) is 35.4 Å². The Hall–Kier alpha value is -1.00. The molecule has 1 saturated heterocycles. The highest BCUT2D eigenvalue weighted by Crippen LogP contribution is 2.19. The number of halogens is 2. The van der Waals surface area contributed by atoms with Crippen molar-refractivity contribution in [2.75, 3.05) is 19.6 Å². The number of benzene rings is 1. The molecular weight excluding hydrogens is 246 g/mol. The third-order valence-corrected chi connectivity index (χ3v) is 3.74. The molecule has 0 unspecified atom stereocenters. The van der Waals surface area contributed by atoms with Crippen LogP contribution in [-0.4, -0.2) is 30.6 Å². The average Bonchev–Trinajstić information content (AvgIpc) is 2.44. The van der Waals surface area contributed by atoms with Crippen LogP contribution in [0.1, 0.15) is 31.7 Å². The molecule has 2 nitrogen and oxygen atoms in total. The zero-order valence-corrected chi connectivity index (χ0v) is 11.5. The van der Waals surface area contributed by atoms with E-state index >= 15 is 0 Å². The van der Waals surface area contributed by atoms with Gasteiger partial charge in [0, 0.05) is 18.2 Å². The van der Waals surface area contributed by atoms with Crippen LogP contribution in [-0.2, 0) is 6.54 Å². The van der Waals surface area contributed by atoms with Gasteiger partial charge in [-0.1, -0.05) is 19.1 Å². The monoisotopic (exact) mass is 268 g/mol. The van der Waals surface area contributed by atoms with Crippen LogP contribution in [0.25, 0.3) is 0 Å². The minimum atomic E-state index is -0.751. The van der Waals surface area contributed by atoms with E-state index in [9.17, 15) is 8.78 Å². The van der Waals surface area contributed by atoms with Gasteiger partial charge in [0.05, 0.1) is 0 Å². The highest BCUT2D eigenvalue weighted by Gasteiger charge is 2.21. The first-order valence-electron chi connectivity index (χ1n) is 7.10. The highest BCUT2D eigenvalue weighted by molar-refractivity contribution is 5.19. The van der Waals surface area contributed by atoms with Crippen molar-refractivity contribution in [1.29, 1.82) is 0 Å². The minimum absolute atomic E-state index is 0.465. The molecule has 1 N–H and O–H groups in total. The Morgan fingerprint density at radius 2 is 2.00 bits per heavy atom. The van der Waals surface area contributed by atoms with E-state index in [2.05, 4.69) is 17.1 Å². The number of rotatable bonds is 5. The molecule has 0 aliphatic carbocycles. The normalized spacial score (nSPS) is 17.1. The van der Waals surface area contributed by atoms with Crippen LogP contribution >= 0.6 is 0 Å². The second-order valence-corrected chi connectivity index (χ2v) is 5.16.